The second-order valence-electron chi connectivity index (χ2n) is 12.6. The number of hydrogen-bond donors (Lipinski definition) is 2. The van der Waals surface area contributed by atoms with Crippen molar-refractivity contribution < 1.29 is 24.2 Å². The summed E-state index contributed by atoms with van der Waals surface area (Å²) in [5.74, 6) is 0.922. The molecule has 0 radical (unpaired) electrons. The SMILES string of the molecule is COc1nc(-c2cccc(-c3cccc(-c4cnc5nc(CO)nn5c4)c3Cl)c2Cl)ccc1CN(C[C@@H]1CCC(=O)N1)C(=O)OC(C)(C)C. The maximum absolute atomic E-state index is 13.2. The summed E-state index contributed by atoms with van der Waals surface area (Å²) >= 11 is 14.1. The van der Waals surface area contributed by atoms with Gasteiger partial charge in [0.2, 0.25) is 11.8 Å². The molecule has 2 aromatic carbocycles. The summed E-state index contributed by atoms with van der Waals surface area (Å²) in [6.07, 6.45) is 3.96. The number of hydrogen-bond acceptors (Lipinski definition) is 9. The molecular formula is C35H35Cl2N7O5. The average molecular weight is 705 g/mol. The Morgan fingerprint density at radius 3 is 2.39 bits per heavy atom. The van der Waals surface area contributed by atoms with Crippen LogP contribution in [0.15, 0.2) is 60.9 Å². The van der Waals surface area contributed by atoms with Gasteiger partial charge in [-0.1, -0.05) is 59.6 Å². The molecule has 0 saturated carbocycles. The molecular weight excluding hydrogens is 669 g/mol. The van der Waals surface area contributed by atoms with Crippen LogP contribution in [0.2, 0.25) is 10.0 Å². The Kier molecular flexibility index (Phi) is 9.73. The van der Waals surface area contributed by atoms with Crippen LogP contribution in [0.25, 0.3) is 39.3 Å². The first kappa shape index (κ1) is 34.1. The molecule has 12 nitrogen and oxygen atoms in total. The Hall–Kier alpha value is -4.78. The van der Waals surface area contributed by atoms with E-state index in [-0.39, 0.29) is 37.5 Å². The number of nitrogens with one attached hydrogen (secondary N) is 1. The summed E-state index contributed by atoms with van der Waals surface area (Å²) in [5, 5.41) is 17.5. The lowest BCUT2D eigenvalue weighted by molar-refractivity contribution is -0.119. The van der Waals surface area contributed by atoms with Crippen LogP contribution in [0, 0.1) is 0 Å². The third kappa shape index (κ3) is 7.46. The zero-order valence-corrected chi connectivity index (χ0v) is 28.9. The standard InChI is InChI=1S/C35H35Cl2N7O5/c1-35(2,3)49-34(47)43(18-22-12-14-29(46)39-22)16-20-11-13-27(40-32(20)48-4)26-10-6-9-25(31(26)37)24-8-5-7-23(30(24)36)21-15-38-33-41-28(19-45)42-44(33)17-21/h5-11,13,15,17,22,45H,12,14,16,18-19H2,1-4H3,(H,39,46)/t22-/m0/s1. The van der Waals surface area contributed by atoms with E-state index >= 15 is 0 Å². The Bertz CT molecular complexity index is 2050. The number of aliphatic hydroxyl groups is 1. The van der Waals surface area contributed by atoms with Crippen molar-refractivity contribution in [3.05, 3.63) is 82.4 Å². The minimum Gasteiger partial charge on any atom is -0.481 e. The van der Waals surface area contributed by atoms with Crippen LogP contribution >= 0.6 is 23.2 Å². The number of aliphatic hydroxyl groups excluding tert-OH is 1. The van der Waals surface area contributed by atoms with Crippen molar-refractivity contribution in [3.63, 3.8) is 0 Å². The molecule has 2 N–H and O–H groups in total. The van der Waals surface area contributed by atoms with E-state index in [0.717, 1.165) is 0 Å². The highest BCUT2D eigenvalue weighted by molar-refractivity contribution is 6.39. The predicted molar refractivity (Wildman–Crippen MR) is 185 cm³/mol. The van der Waals surface area contributed by atoms with Gasteiger partial charge in [0.25, 0.3) is 5.78 Å². The zero-order valence-electron chi connectivity index (χ0n) is 27.4. The minimum absolute atomic E-state index is 0.0347. The van der Waals surface area contributed by atoms with Gasteiger partial charge in [0.15, 0.2) is 5.82 Å². The molecule has 4 heterocycles. The monoisotopic (exact) mass is 703 g/mol. The molecule has 0 spiro atoms. The Labute approximate surface area is 293 Å². The number of halogens is 2. The van der Waals surface area contributed by atoms with Gasteiger partial charge in [-0.2, -0.15) is 4.98 Å². The molecule has 0 bridgehead atoms. The molecule has 0 aliphatic carbocycles. The van der Waals surface area contributed by atoms with Crippen molar-refractivity contribution >= 4 is 41.0 Å². The minimum atomic E-state index is -0.698. The van der Waals surface area contributed by atoms with Crippen LogP contribution in [0.5, 0.6) is 5.88 Å². The highest BCUT2D eigenvalue weighted by Gasteiger charge is 2.29. The van der Waals surface area contributed by atoms with E-state index < -0.39 is 11.7 Å². The fraction of sp³-hybridized carbons (Fsp3) is 0.314. The van der Waals surface area contributed by atoms with Crippen LogP contribution in [-0.2, 0) is 22.7 Å². The molecule has 5 aromatic rings. The van der Waals surface area contributed by atoms with Gasteiger partial charge in [0.1, 0.15) is 12.2 Å². The second-order valence-corrected chi connectivity index (χ2v) is 13.4. The lowest BCUT2D eigenvalue weighted by atomic mass is 9.97. The van der Waals surface area contributed by atoms with Crippen molar-refractivity contribution in [3.8, 4) is 39.4 Å². The molecule has 2 amide bonds. The molecule has 3 aromatic heterocycles. The predicted octanol–water partition coefficient (Wildman–Crippen LogP) is 6.34. The number of rotatable bonds is 9. The summed E-state index contributed by atoms with van der Waals surface area (Å²) in [6.45, 7) is 5.57. The van der Waals surface area contributed by atoms with E-state index in [2.05, 4.69) is 20.4 Å². The number of carbonyl (C=O) groups is 2. The summed E-state index contributed by atoms with van der Waals surface area (Å²) in [6, 6.07) is 14.8. The second kappa shape index (κ2) is 14.0. The van der Waals surface area contributed by atoms with E-state index in [1.54, 1.807) is 17.3 Å². The molecule has 254 valence electrons. The number of benzene rings is 2. The van der Waals surface area contributed by atoms with Gasteiger partial charge >= 0.3 is 6.09 Å². The largest absolute Gasteiger partial charge is 0.481 e. The fourth-order valence-corrected chi connectivity index (χ4v) is 6.33. The number of ether oxygens (including phenoxy) is 2. The average Bonchev–Trinajstić information content (AvgIpc) is 3.69. The number of pyridine rings is 1. The highest BCUT2D eigenvalue weighted by atomic mass is 35.5. The van der Waals surface area contributed by atoms with Gasteiger partial charge < -0.3 is 24.8 Å². The van der Waals surface area contributed by atoms with E-state index in [9.17, 15) is 14.7 Å². The van der Waals surface area contributed by atoms with Crippen LogP contribution in [0.3, 0.4) is 0 Å². The normalized spacial score (nSPS) is 14.6. The number of methoxy groups -OCH3 is 1. The van der Waals surface area contributed by atoms with Gasteiger partial charge in [-0.15, -0.1) is 5.10 Å². The van der Waals surface area contributed by atoms with Crippen molar-refractivity contribution in [2.24, 2.45) is 0 Å². The van der Waals surface area contributed by atoms with E-state index in [1.165, 1.54) is 11.6 Å². The van der Waals surface area contributed by atoms with Crippen LogP contribution in [-0.4, -0.2) is 71.9 Å². The van der Waals surface area contributed by atoms with Crippen molar-refractivity contribution in [2.75, 3.05) is 13.7 Å². The number of aromatic nitrogens is 5. The molecule has 14 heteroatoms. The first-order valence-electron chi connectivity index (χ1n) is 15.7. The maximum atomic E-state index is 13.2. The van der Waals surface area contributed by atoms with Gasteiger partial charge in [-0.25, -0.2) is 19.3 Å². The van der Waals surface area contributed by atoms with Gasteiger partial charge in [0, 0.05) is 64.8 Å². The number of fused-ring (bicyclic) bond motifs is 1. The fourth-order valence-electron chi connectivity index (χ4n) is 5.66. The van der Waals surface area contributed by atoms with Crippen LogP contribution in [0.1, 0.15) is 45.0 Å². The summed E-state index contributed by atoms with van der Waals surface area (Å²) < 4.78 is 12.9. The van der Waals surface area contributed by atoms with Crippen LogP contribution in [0.4, 0.5) is 4.79 Å². The number of amides is 2. The van der Waals surface area contributed by atoms with E-state index in [0.29, 0.717) is 73.6 Å². The molecule has 0 unspecified atom stereocenters. The topological polar surface area (TPSA) is 144 Å². The lowest BCUT2D eigenvalue weighted by Gasteiger charge is -2.29. The van der Waals surface area contributed by atoms with Crippen molar-refractivity contribution in [1.29, 1.82) is 0 Å². The summed E-state index contributed by atoms with van der Waals surface area (Å²) in [7, 11) is 1.52. The Balaban J connectivity index is 1.30. The van der Waals surface area contributed by atoms with E-state index in [1.807, 2.05) is 69.3 Å². The molecule has 1 fully saturated rings. The highest BCUT2D eigenvalue weighted by Crippen LogP contribution is 2.42. The summed E-state index contributed by atoms with van der Waals surface area (Å²) in [4.78, 5) is 40.0. The number of carbonyl (C=O) groups excluding carboxylic acids is 2. The molecule has 6 rings (SSSR count). The molecule has 1 aliphatic heterocycles. The number of nitrogens with zero attached hydrogens (tertiary/aromatic N) is 6. The van der Waals surface area contributed by atoms with Gasteiger partial charge in [-0.3, -0.25) is 4.79 Å². The smallest absolute Gasteiger partial charge is 0.410 e. The zero-order chi connectivity index (χ0) is 34.9. The third-order valence-electron chi connectivity index (χ3n) is 7.92. The van der Waals surface area contributed by atoms with Crippen molar-refractivity contribution in [2.45, 2.75) is 58.4 Å². The Morgan fingerprint density at radius 2 is 1.73 bits per heavy atom. The van der Waals surface area contributed by atoms with Gasteiger partial charge in [0.05, 0.1) is 29.4 Å². The first-order chi connectivity index (χ1) is 23.4. The molecule has 49 heavy (non-hydrogen) atoms. The summed E-state index contributed by atoms with van der Waals surface area (Å²) in [5.41, 5.74) is 4.01. The molecule has 1 aliphatic rings. The third-order valence-corrected chi connectivity index (χ3v) is 8.74. The van der Waals surface area contributed by atoms with Gasteiger partial charge in [-0.05, 0) is 39.3 Å². The van der Waals surface area contributed by atoms with Crippen molar-refractivity contribution in [1.82, 2.24) is 34.8 Å². The quantitative estimate of drug-likeness (QED) is 0.180. The maximum Gasteiger partial charge on any atom is 0.410 e. The first-order valence-corrected chi connectivity index (χ1v) is 16.4. The van der Waals surface area contributed by atoms with E-state index in [4.69, 9.17) is 37.7 Å². The molecule has 1 atom stereocenters. The van der Waals surface area contributed by atoms with Crippen LogP contribution < -0.4 is 10.1 Å². The Morgan fingerprint density at radius 1 is 1.04 bits per heavy atom. The lowest BCUT2D eigenvalue weighted by Crippen LogP contribution is -2.43. The molecule has 1 saturated heterocycles.